The minimum Gasteiger partial charge on any atom is -0.481 e. The van der Waals surface area contributed by atoms with E-state index in [9.17, 15) is 18.2 Å². The molecule has 0 heterocycles. The molecule has 0 saturated carbocycles. The van der Waals surface area contributed by atoms with Gasteiger partial charge in [-0.1, -0.05) is 0 Å². The smallest absolute Gasteiger partial charge is 0.316 e. The molecule has 0 spiro atoms. The summed E-state index contributed by atoms with van der Waals surface area (Å²) in [4.78, 5) is 21.5. The molecule has 7 heteroatoms. The summed E-state index contributed by atoms with van der Waals surface area (Å²) in [6, 6.07) is 5.05. The zero-order valence-electron chi connectivity index (χ0n) is 8.68. The van der Waals surface area contributed by atoms with E-state index >= 15 is 0 Å². The van der Waals surface area contributed by atoms with Gasteiger partial charge in [0.2, 0.25) is 5.91 Å². The molecule has 17 heavy (non-hydrogen) atoms. The number of carboxylic acid groups (broad SMARTS) is 1. The molecule has 0 fully saturated rings. The van der Waals surface area contributed by atoms with Gasteiger partial charge in [0.1, 0.15) is 17.3 Å². The lowest BCUT2D eigenvalue weighted by Gasteiger charge is -2.04. The molecule has 5 nitrogen and oxygen atoms in total. The number of benzene rings is 1. The highest BCUT2D eigenvalue weighted by Gasteiger charge is 2.11. The minimum atomic E-state index is -1.74. The lowest BCUT2D eigenvalue weighted by Crippen LogP contribution is -2.23. The third-order valence-corrected chi connectivity index (χ3v) is 2.86. The summed E-state index contributed by atoms with van der Waals surface area (Å²) < 4.78 is 23.7. The van der Waals surface area contributed by atoms with Crippen molar-refractivity contribution in [1.29, 1.82) is 0 Å². The monoisotopic (exact) mass is 259 g/mol. The molecule has 1 atom stereocenters. The van der Waals surface area contributed by atoms with Crippen molar-refractivity contribution in [2.45, 2.75) is 0 Å². The number of anilines is 1. The maximum Gasteiger partial charge on any atom is 0.316 e. The topological polar surface area (TPSA) is 83.5 Å². The van der Waals surface area contributed by atoms with Gasteiger partial charge < -0.3 is 10.4 Å². The van der Waals surface area contributed by atoms with E-state index in [1.54, 1.807) is 0 Å². The number of amides is 1. The van der Waals surface area contributed by atoms with Gasteiger partial charge in [0, 0.05) is 16.5 Å². The molecule has 0 bridgehead atoms. The first-order chi connectivity index (χ1) is 7.97. The second kappa shape index (κ2) is 6.09. The predicted molar refractivity (Wildman–Crippen MR) is 60.5 cm³/mol. The van der Waals surface area contributed by atoms with Crippen LogP contribution in [-0.2, 0) is 20.4 Å². The lowest BCUT2D eigenvalue weighted by atomic mass is 10.3. The summed E-state index contributed by atoms with van der Waals surface area (Å²) in [5, 5.41) is 10.7. The Bertz CT molecular complexity index is 446. The number of carboxylic acids is 1. The highest BCUT2D eigenvalue weighted by Crippen LogP contribution is 2.07. The van der Waals surface area contributed by atoms with Crippen molar-refractivity contribution in [2.75, 3.05) is 16.8 Å². The molecular weight excluding hydrogens is 249 g/mol. The number of aliphatic carboxylic acids is 1. The SMILES string of the molecule is O=C(O)CS(=O)CC(=O)Nc1ccc(F)cc1. The van der Waals surface area contributed by atoms with E-state index in [1.165, 1.54) is 24.3 Å². The molecule has 0 aliphatic heterocycles. The van der Waals surface area contributed by atoms with E-state index in [0.717, 1.165) is 0 Å². The van der Waals surface area contributed by atoms with Crippen molar-refractivity contribution in [1.82, 2.24) is 0 Å². The van der Waals surface area contributed by atoms with Crippen LogP contribution in [0.5, 0.6) is 0 Å². The zero-order chi connectivity index (χ0) is 12.8. The average Bonchev–Trinajstić information content (AvgIpc) is 2.19. The fourth-order valence-corrected chi connectivity index (χ4v) is 1.81. The van der Waals surface area contributed by atoms with E-state index in [1.807, 2.05) is 0 Å². The summed E-state index contributed by atoms with van der Waals surface area (Å²) in [6.45, 7) is 0. The Morgan fingerprint density at radius 1 is 1.24 bits per heavy atom. The van der Waals surface area contributed by atoms with Crippen molar-refractivity contribution in [3.63, 3.8) is 0 Å². The van der Waals surface area contributed by atoms with Gasteiger partial charge in [0.25, 0.3) is 0 Å². The number of carbonyl (C=O) groups excluding carboxylic acids is 1. The summed E-state index contributed by atoms with van der Waals surface area (Å²) in [6.07, 6.45) is 0. The molecule has 92 valence electrons. The van der Waals surface area contributed by atoms with Crippen LogP contribution < -0.4 is 5.32 Å². The predicted octanol–water partition coefficient (Wildman–Crippen LogP) is 0.597. The normalized spacial score (nSPS) is 11.8. The first-order valence-corrected chi connectivity index (χ1v) is 6.08. The number of hydrogen-bond donors (Lipinski definition) is 2. The van der Waals surface area contributed by atoms with Crippen LogP contribution in [-0.4, -0.2) is 32.7 Å². The second-order valence-electron chi connectivity index (χ2n) is 3.18. The van der Waals surface area contributed by atoms with Gasteiger partial charge in [-0.15, -0.1) is 0 Å². The van der Waals surface area contributed by atoms with Crippen molar-refractivity contribution < 1.29 is 23.3 Å². The molecule has 0 aliphatic carbocycles. The molecule has 1 aromatic carbocycles. The Kier molecular flexibility index (Phi) is 4.77. The van der Waals surface area contributed by atoms with Gasteiger partial charge in [-0.25, -0.2) is 4.39 Å². The van der Waals surface area contributed by atoms with E-state index in [0.29, 0.717) is 5.69 Å². The van der Waals surface area contributed by atoms with E-state index < -0.39 is 40.0 Å². The fourth-order valence-electron chi connectivity index (χ4n) is 1.07. The largest absolute Gasteiger partial charge is 0.481 e. The molecule has 1 aromatic rings. The van der Waals surface area contributed by atoms with Crippen LogP contribution in [0, 0.1) is 5.82 Å². The second-order valence-corrected chi connectivity index (χ2v) is 4.63. The van der Waals surface area contributed by atoms with Gasteiger partial charge in [0.05, 0.1) is 0 Å². The van der Waals surface area contributed by atoms with Crippen LogP contribution >= 0.6 is 0 Å². The van der Waals surface area contributed by atoms with E-state index in [2.05, 4.69) is 5.32 Å². The number of carbonyl (C=O) groups is 2. The third kappa shape index (κ3) is 5.21. The summed E-state index contributed by atoms with van der Waals surface area (Å²) in [7, 11) is -1.74. The van der Waals surface area contributed by atoms with Crippen molar-refractivity contribution in [2.24, 2.45) is 0 Å². The Labute approximate surface area is 99.1 Å². The Morgan fingerprint density at radius 2 is 1.82 bits per heavy atom. The molecule has 1 amide bonds. The maximum atomic E-state index is 12.6. The highest BCUT2D eigenvalue weighted by molar-refractivity contribution is 7.86. The van der Waals surface area contributed by atoms with Crippen LogP contribution in [0.3, 0.4) is 0 Å². The number of rotatable bonds is 5. The molecule has 0 radical (unpaired) electrons. The van der Waals surface area contributed by atoms with Crippen LogP contribution in [0.15, 0.2) is 24.3 Å². The molecule has 1 rings (SSSR count). The molecule has 1 unspecified atom stereocenters. The molecule has 0 aromatic heterocycles. The van der Waals surface area contributed by atoms with Gasteiger partial charge in [-0.05, 0) is 24.3 Å². The average molecular weight is 259 g/mol. The van der Waals surface area contributed by atoms with Crippen molar-refractivity contribution in [3.8, 4) is 0 Å². The third-order valence-electron chi connectivity index (χ3n) is 1.70. The van der Waals surface area contributed by atoms with E-state index in [4.69, 9.17) is 5.11 Å². The number of hydrogen-bond acceptors (Lipinski definition) is 3. The highest BCUT2D eigenvalue weighted by atomic mass is 32.2. The minimum absolute atomic E-state index is 0.365. The maximum absolute atomic E-state index is 12.6. The van der Waals surface area contributed by atoms with Crippen LogP contribution in [0.2, 0.25) is 0 Å². The standard InChI is InChI=1S/C10H10FNO4S/c11-7-1-3-8(4-2-7)12-9(13)5-17(16)6-10(14)15/h1-4H,5-6H2,(H,12,13)(H,14,15). The molecular formula is C10H10FNO4S. The quantitative estimate of drug-likeness (QED) is 0.811. The van der Waals surface area contributed by atoms with Crippen LogP contribution in [0.1, 0.15) is 0 Å². The summed E-state index contributed by atoms with van der Waals surface area (Å²) >= 11 is 0. The molecule has 2 N–H and O–H groups in total. The van der Waals surface area contributed by atoms with E-state index in [-0.39, 0.29) is 0 Å². The molecule has 0 aliphatic rings. The van der Waals surface area contributed by atoms with Crippen molar-refractivity contribution in [3.05, 3.63) is 30.1 Å². The van der Waals surface area contributed by atoms with Crippen molar-refractivity contribution >= 4 is 28.4 Å². The Morgan fingerprint density at radius 3 is 2.35 bits per heavy atom. The van der Waals surface area contributed by atoms with Gasteiger partial charge in [0.15, 0.2) is 0 Å². The van der Waals surface area contributed by atoms with Gasteiger partial charge in [-0.2, -0.15) is 0 Å². The Hall–Kier alpha value is -1.76. The fraction of sp³-hybridized carbons (Fsp3) is 0.200. The summed E-state index contributed by atoms with van der Waals surface area (Å²) in [5.74, 6) is -3.20. The summed E-state index contributed by atoms with van der Waals surface area (Å²) in [5.41, 5.74) is 0.365. The van der Waals surface area contributed by atoms with Crippen LogP contribution in [0.25, 0.3) is 0 Å². The number of halogens is 1. The van der Waals surface area contributed by atoms with Gasteiger partial charge >= 0.3 is 5.97 Å². The number of nitrogens with one attached hydrogen (secondary N) is 1. The zero-order valence-corrected chi connectivity index (χ0v) is 9.50. The Balaban J connectivity index is 2.47. The first kappa shape index (κ1) is 13.3. The lowest BCUT2D eigenvalue weighted by molar-refractivity contribution is -0.133. The van der Waals surface area contributed by atoms with Gasteiger partial charge in [-0.3, -0.25) is 13.8 Å². The first-order valence-electron chi connectivity index (χ1n) is 4.59. The van der Waals surface area contributed by atoms with Crippen LogP contribution in [0.4, 0.5) is 10.1 Å². The molecule has 0 saturated heterocycles.